The SMILES string of the molecule is COC(=O)CCCNC(=O)CSc1nc2sc3c(c2c(=O)n1-c1ccccc1)CCC(C)C3. The van der Waals surface area contributed by atoms with Crippen LogP contribution in [0.25, 0.3) is 15.9 Å². The molecule has 4 rings (SSSR count). The van der Waals surface area contributed by atoms with Crippen LogP contribution in [0.5, 0.6) is 0 Å². The smallest absolute Gasteiger partial charge is 0.305 e. The van der Waals surface area contributed by atoms with E-state index in [1.54, 1.807) is 15.9 Å². The van der Waals surface area contributed by atoms with Crippen LogP contribution in [-0.4, -0.2) is 40.8 Å². The van der Waals surface area contributed by atoms with Crippen LogP contribution in [0.2, 0.25) is 0 Å². The first-order valence-electron chi connectivity index (χ1n) is 11.1. The number of carbonyl (C=O) groups excluding carboxylic acids is 2. The van der Waals surface area contributed by atoms with E-state index in [0.29, 0.717) is 24.0 Å². The number of thiophene rings is 1. The van der Waals surface area contributed by atoms with Crippen molar-refractivity contribution in [1.29, 1.82) is 0 Å². The predicted molar refractivity (Wildman–Crippen MR) is 131 cm³/mol. The minimum Gasteiger partial charge on any atom is -0.469 e. The highest BCUT2D eigenvalue weighted by Crippen LogP contribution is 2.36. The van der Waals surface area contributed by atoms with Crippen LogP contribution < -0.4 is 10.9 Å². The lowest BCUT2D eigenvalue weighted by molar-refractivity contribution is -0.140. The van der Waals surface area contributed by atoms with Gasteiger partial charge in [-0.15, -0.1) is 11.3 Å². The van der Waals surface area contributed by atoms with E-state index in [9.17, 15) is 14.4 Å². The van der Waals surface area contributed by atoms with Crippen LogP contribution in [0.1, 0.15) is 36.6 Å². The summed E-state index contributed by atoms with van der Waals surface area (Å²) in [6.45, 7) is 2.64. The van der Waals surface area contributed by atoms with Crippen LogP contribution in [0.3, 0.4) is 0 Å². The van der Waals surface area contributed by atoms with Gasteiger partial charge in [0.2, 0.25) is 5.91 Å². The van der Waals surface area contributed by atoms with Crippen molar-refractivity contribution < 1.29 is 14.3 Å². The summed E-state index contributed by atoms with van der Waals surface area (Å²) in [5.41, 5.74) is 1.82. The second-order valence-corrected chi connectivity index (χ2v) is 10.2. The molecule has 2 aromatic heterocycles. The van der Waals surface area contributed by atoms with Gasteiger partial charge in [-0.05, 0) is 49.3 Å². The van der Waals surface area contributed by atoms with Gasteiger partial charge in [0, 0.05) is 17.8 Å². The van der Waals surface area contributed by atoms with Crippen molar-refractivity contribution >= 4 is 45.2 Å². The second kappa shape index (κ2) is 10.5. The molecule has 0 aliphatic heterocycles. The number of hydrogen-bond donors (Lipinski definition) is 1. The zero-order chi connectivity index (χ0) is 23.4. The molecule has 7 nitrogen and oxygen atoms in total. The van der Waals surface area contributed by atoms with E-state index < -0.39 is 0 Å². The van der Waals surface area contributed by atoms with Crippen LogP contribution in [0, 0.1) is 5.92 Å². The average Bonchev–Trinajstić information content (AvgIpc) is 3.18. The van der Waals surface area contributed by atoms with Crippen molar-refractivity contribution in [2.45, 2.75) is 44.2 Å². The van der Waals surface area contributed by atoms with E-state index >= 15 is 0 Å². The number of rotatable bonds is 8. The molecule has 0 bridgehead atoms. The van der Waals surface area contributed by atoms with E-state index in [2.05, 4.69) is 17.0 Å². The number of benzene rings is 1. The van der Waals surface area contributed by atoms with Gasteiger partial charge in [-0.3, -0.25) is 19.0 Å². The number of hydrogen-bond acceptors (Lipinski definition) is 7. The van der Waals surface area contributed by atoms with Gasteiger partial charge in [0.25, 0.3) is 5.56 Å². The Morgan fingerprint density at radius 1 is 1.30 bits per heavy atom. The first-order chi connectivity index (χ1) is 16.0. The van der Waals surface area contributed by atoms with Gasteiger partial charge in [-0.1, -0.05) is 36.9 Å². The van der Waals surface area contributed by atoms with Crippen LogP contribution in [-0.2, 0) is 27.2 Å². The molecular formula is C24H27N3O4S2. The molecule has 174 valence electrons. The third-order valence-electron chi connectivity index (χ3n) is 5.75. The summed E-state index contributed by atoms with van der Waals surface area (Å²) in [5.74, 6) is 0.276. The first-order valence-corrected chi connectivity index (χ1v) is 12.9. The van der Waals surface area contributed by atoms with Crippen molar-refractivity contribution in [2.24, 2.45) is 5.92 Å². The fourth-order valence-electron chi connectivity index (χ4n) is 4.02. The quantitative estimate of drug-likeness (QED) is 0.226. The molecule has 1 unspecified atom stereocenters. The van der Waals surface area contributed by atoms with Crippen molar-refractivity contribution in [3.8, 4) is 5.69 Å². The Labute approximate surface area is 200 Å². The minimum absolute atomic E-state index is 0.0701. The Hall–Kier alpha value is -2.65. The maximum Gasteiger partial charge on any atom is 0.305 e. The summed E-state index contributed by atoms with van der Waals surface area (Å²) in [5, 5.41) is 4.04. The zero-order valence-corrected chi connectivity index (χ0v) is 20.4. The monoisotopic (exact) mass is 485 g/mol. The first kappa shape index (κ1) is 23.5. The van der Waals surface area contributed by atoms with Gasteiger partial charge in [-0.2, -0.15) is 0 Å². The maximum atomic E-state index is 13.7. The summed E-state index contributed by atoms with van der Waals surface area (Å²) in [7, 11) is 1.35. The van der Waals surface area contributed by atoms with Crippen molar-refractivity contribution in [2.75, 3.05) is 19.4 Å². The number of ether oxygens (including phenoxy) is 1. The molecule has 33 heavy (non-hydrogen) atoms. The van der Waals surface area contributed by atoms with Crippen molar-refractivity contribution in [3.63, 3.8) is 0 Å². The highest BCUT2D eigenvalue weighted by atomic mass is 32.2. The van der Waals surface area contributed by atoms with Gasteiger partial charge in [0.1, 0.15) is 4.83 Å². The van der Waals surface area contributed by atoms with Gasteiger partial charge in [-0.25, -0.2) is 4.98 Å². The summed E-state index contributed by atoms with van der Waals surface area (Å²) in [6, 6.07) is 9.45. The summed E-state index contributed by atoms with van der Waals surface area (Å²) in [4.78, 5) is 44.1. The fourth-order valence-corrected chi connectivity index (χ4v) is 6.28. The molecular weight excluding hydrogens is 458 g/mol. The molecule has 0 radical (unpaired) electrons. The molecule has 1 amide bonds. The highest BCUT2D eigenvalue weighted by Gasteiger charge is 2.25. The zero-order valence-electron chi connectivity index (χ0n) is 18.8. The number of carbonyl (C=O) groups is 2. The normalized spacial score (nSPS) is 15.3. The molecule has 0 fully saturated rings. The predicted octanol–water partition coefficient (Wildman–Crippen LogP) is 3.73. The molecule has 0 saturated carbocycles. The summed E-state index contributed by atoms with van der Waals surface area (Å²) >= 11 is 2.86. The van der Waals surface area contributed by atoms with E-state index in [4.69, 9.17) is 4.98 Å². The molecule has 1 N–H and O–H groups in total. The van der Waals surface area contributed by atoms with E-state index in [0.717, 1.165) is 40.7 Å². The third kappa shape index (κ3) is 5.30. The highest BCUT2D eigenvalue weighted by molar-refractivity contribution is 7.99. The lowest BCUT2D eigenvalue weighted by atomic mass is 9.89. The second-order valence-electron chi connectivity index (χ2n) is 8.22. The number of thioether (sulfide) groups is 1. The van der Waals surface area contributed by atoms with Gasteiger partial charge in [0.05, 0.1) is 23.9 Å². The van der Waals surface area contributed by atoms with Gasteiger partial charge in [0.15, 0.2) is 5.16 Å². The number of para-hydroxylation sites is 1. The Morgan fingerprint density at radius 3 is 2.85 bits per heavy atom. The van der Waals surface area contributed by atoms with Crippen molar-refractivity contribution in [3.05, 3.63) is 51.1 Å². The summed E-state index contributed by atoms with van der Waals surface area (Å²) < 4.78 is 6.23. The number of nitrogens with zero attached hydrogens (tertiary/aromatic N) is 2. The third-order valence-corrected chi connectivity index (χ3v) is 7.84. The summed E-state index contributed by atoms with van der Waals surface area (Å²) in [6.07, 6.45) is 3.75. The molecule has 0 saturated heterocycles. The molecule has 1 aliphatic carbocycles. The van der Waals surface area contributed by atoms with Crippen LogP contribution in [0.15, 0.2) is 40.3 Å². The number of esters is 1. The average molecular weight is 486 g/mol. The number of aryl methyl sites for hydroxylation is 1. The van der Waals surface area contributed by atoms with Crippen molar-refractivity contribution in [1.82, 2.24) is 14.9 Å². The molecule has 1 aliphatic rings. The fraction of sp³-hybridized carbons (Fsp3) is 0.417. The van der Waals surface area contributed by atoms with E-state index in [1.165, 1.54) is 23.7 Å². The number of fused-ring (bicyclic) bond motifs is 3. The van der Waals surface area contributed by atoms with Gasteiger partial charge < -0.3 is 10.1 Å². The Morgan fingerprint density at radius 2 is 2.09 bits per heavy atom. The Bertz CT molecular complexity index is 1220. The molecule has 2 heterocycles. The molecule has 0 spiro atoms. The molecule has 3 aromatic rings. The minimum atomic E-state index is -0.295. The molecule has 1 aromatic carbocycles. The number of amides is 1. The number of nitrogens with one attached hydrogen (secondary N) is 1. The number of aromatic nitrogens is 2. The molecule has 1 atom stereocenters. The largest absolute Gasteiger partial charge is 0.469 e. The maximum absolute atomic E-state index is 13.7. The van der Waals surface area contributed by atoms with E-state index in [-0.39, 0.29) is 29.6 Å². The topological polar surface area (TPSA) is 90.3 Å². The van der Waals surface area contributed by atoms with E-state index in [1.807, 2.05) is 30.3 Å². The number of methoxy groups -OCH3 is 1. The Balaban J connectivity index is 1.60. The van der Waals surface area contributed by atoms with Crippen LogP contribution in [0.4, 0.5) is 0 Å². The Kier molecular flexibility index (Phi) is 7.49. The lowest BCUT2D eigenvalue weighted by Gasteiger charge is -2.17. The standard InChI is InChI=1S/C24H27N3O4S2/c1-15-10-11-17-18(13-15)33-22-21(17)23(30)27(16-7-4-3-5-8-16)24(26-22)32-14-19(28)25-12-6-9-20(29)31-2/h3-5,7-8,15H,6,9-14H2,1-2H3,(H,25,28). The lowest BCUT2D eigenvalue weighted by Crippen LogP contribution is -2.27. The van der Waals surface area contributed by atoms with Gasteiger partial charge >= 0.3 is 5.97 Å². The van der Waals surface area contributed by atoms with Crippen LogP contribution >= 0.6 is 23.1 Å². The molecule has 9 heteroatoms.